The molecule has 1 saturated carbocycles. The number of thiazole rings is 1. The van der Waals surface area contributed by atoms with Crippen LogP contribution >= 0.6 is 11.3 Å². The van der Waals surface area contributed by atoms with Gasteiger partial charge in [-0.2, -0.15) is 0 Å². The number of carbonyl (C=O) groups is 2. The predicted molar refractivity (Wildman–Crippen MR) is 76.2 cm³/mol. The summed E-state index contributed by atoms with van der Waals surface area (Å²) in [6, 6.07) is 0. The van der Waals surface area contributed by atoms with Gasteiger partial charge in [0.2, 0.25) is 11.8 Å². The molecule has 108 valence electrons. The first-order chi connectivity index (χ1) is 9.61. The number of nitrogens with zero attached hydrogens (tertiary/aromatic N) is 2. The Morgan fingerprint density at radius 1 is 1.35 bits per heavy atom. The Bertz CT molecular complexity index is 534. The van der Waals surface area contributed by atoms with Gasteiger partial charge in [-0.3, -0.25) is 9.59 Å². The second kappa shape index (κ2) is 5.16. The van der Waals surface area contributed by atoms with E-state index in [-0.39, 0.29) is 18.4 Å². The van der Waals surface area contributed by atoms with E-state index >= 15 is 0 Å². The van der Waals surface area contributed by atoms with Crippen LogP contribution in [0.3, 0.4) is 0 Å². The number of piperazine rings is 1. The molecule has 1 N–H and O–H groups in total. The standard InChI is InChI=1S/C14H19N3O2S/c1-10-11(20-9-15-10)7-17-8-12(18)16-14(13(17)19)5-3-2-4-6-14/h9H,2-8H2,1H3,(H,16,18). The lowest BCUT2D eigenvalue weighted by molar-refractivity contribution is -0.152. The summed E-state index contributed by atoms with van der Waals surface area (Å²) in [4.78, 5) is 31.7. The summed E-state index contributed by atoms with van der Waals surface area (Å²) in [7, 11) is 0. The van der Waals surface area contributed by atoms with Crippen molar-refractivity contribution in [2.75, 3.05) is 6.54 Å². The van der Waals surface area contributed by atoms with Gasteiger partial charge >= 0.3 is 0 Å². The number of carbonyl (C=O) groups excluding carboxylic acids is 2. The first-order valence-electron chi connectivity index (χ1n) is 7.10. The minimum absolute atomic E-state index is 0.0336. The first-order valence-corrected chi connectivity index (χ1v) is 7.98. The van der Waals surface area contributed by atoms with Gasteiger partial charge in [0.05, 0.1) is 17.7 Å². The molecule has 0 bridgehead atoms. The second-order valence-electron chi connectivity index (χ2n) is 5.71. The minimum atomic E-state index is -0.633. The fraction of sp³-hybridized carbons (Fsp3) is 0.643. The summed E-state index contributed by atoms with van der Waals surface area (Å²) in [5.41, 5.74) is 2.10. The Hall–Kier alpha value is -1.43. The van der Waals surface area contributed by atoms with E-state index in [1.54, 1.807) is 21.7 Å². The lowest BCUT2D eigenvalue weighted by Crippen LogP contribution is -2.66. The van der Waals surface area contributed by atoms with Crippen molar-refractivity contribution < 1.29 is 9.59 Å². The highest BCUT2D eigenvalue weighted by Crippen LogP contribution is 2.32. The predicted octanol–water partition coefficient (Wildman–Crippen LogP) is 1.61. The van der Waals surface area contributed by atoms with Crippen molar-refractivity contribution in [3.8, 4) is 0 Å². The van der Waals surface area contributed by atoms with Crippen LogP contribution in [0.2, 0.25) is 0 Å². The van der Waals surface area contributed by atoms with Crippen molar-refractivity contribution in [1.82, 2.24) is 15.2 Å². The molecule has 2 heterocycles. The van der Waals surface area contributed by atoms with Crippen molar-refractivity contribution in [2.24, 2.45) is 0 Å². The molecule has 5 nitrogen and oxygen atoms in total. The third-order valence-corrected chi connectivity index (χ3v) is 5.22. The van der Waals surface area contributed by atoms with Crippen molar-refractivity contribution in [1.29, 1.82) is 0 Å². The number of hydrogen-bond acceptors (Lipinski definition) is 4. The molecule has 2 fully saturated rings. The molecule has 0 radical (unpaired) electrons. The van der Waals surface area contributed by atoms with Crippen LogP contribution in [0.25, 0.3) is 0 Å². The number of aryl methyl sites for hydroxylation is 1. The van der Waals surface area contributed by atoms with Crippen LogP contribution in [0.1, 0.15) is 42.7 Å². The average Bonchev–Trinajstić information content (AvgIpc) is 2.82. The van der Waals surface area contributed by atoms with Crippen LogP contribution in [0.15, 0.2) is 5.51 Å². The van der Waals surface area contributed by atoms with E-state index < -0.39 is 5.54 Å². The van der Waals surface area contributed by atoms with Gasteiger partial charge in [-0.05, 0) is 19.8 Å². The van der Waals surface area contributed by atoms with E-state index in [0.29, 0.717) is 6.54 Å². The molecule has 1 aromatic heterocycles. The molecule has 2 amide bonds. The molecule has 6 heteroatoms. The molecule has 3 rings (SSSR count). The monoisotopic (exact) mass is 293 g/mol. The molecule has 1 aliphatic carbocycles. The zero-order valence-electron chi connectivity index (χ0n) is 11.6. The maximum absolute atomic E-state index is 12.8. The molecular weight excluding hydrogens is 274 g/mol. The average molecular weight is 293 g/mol. The second-order valence-corrected chi connectivity index (χ2v) is 6.65. The Morgan fingerprint density at radius 3 is 2.75 bits per heavy atom. The maximum atomic E-state index is 12.8. The molecule has 2 aliphatic rings. The first kappa shape index (κ1) is 13.5. The molecule has 20 heavy (non-hydrogen) atoms. The molecule has 1 spiro atoms. The molecular formula is C14H19N3O2S. The summed E-state index contributed by atoms with van der Waals surface area (Å²) in [6.07, 6.45) is 4.73. The molecule has 1 aromatic rings. The van der Waals surface area contributed by atoms with Crippen molar-refractivity contribution in [3.05, 3.63) is 16.1 Å². The number of nitrogens with one attached hydrogen (secondary N) is 1. The van der Waals surface area contributed by atoms with E-state index in [0.717, 1.165) is 42.7 Å². The molecule has 0 unspecified atom stereocenters. The van der Waals surface area contributed by atoms with Crippen LogP contribution in [-0.2, 0) is 16.1 Å². The summed E-state index contributed by atoms with van der Waals surface area (Å²) < 4.78 is 0. The van der Waals surface area contributed by atoms with Gasteiger partial charge in [-0.15, -0.1) is 11.3 Å². The van der Waals surface area contributed by atoms with Crippen LogP contribution in [0, 0.1) is 6.92 Å². The van der Waals surface area contributed by atoms with E-state index in [1.807, 2.05) is 6.92 Å². The summed E-state index contributed by atoms with van der Waals surface area (Å²) in [5, 5.41) is 2.96. The van der Waals surface area contributed by atoms with E-state index in [4.69, 9.17) is 0 Å². The molecule has 1 saturated heterocycles. The Balaban J connectivity index is 1.82. The van der Waals surface area contributed by atoms with E-state index in [2.05, 4.69) is 10.3 Å². The lowest BCUT2D eigenvalue weighted by atomic mass is 9.79. The SMILES string of the molecule is Cc1ncsc1CN1CC(=O)NC2(CCCCC2)C1=O. The summed E-state index contributed by atoms with van der Waals surface area (Å²) >= 11 is 1.54. The largest absolute Gasteiger partial charge is 0.340 e. The van der Waals surface area contributed by atoms with Gasteiger partial charge in [-0.25, -0.2) is 4.98 Å². The number of rotatable bonds is 2. The quantitative estimate of drug-likeness (QED) is 0.901. The van der Waals surface area contributed by atoms with Gasteiger partial charge in [0.15, 0.2) is 0 Å². The van der Waals surface area contributed by atoms with E-state index in [9.17, 15) is 9.59 Å². The maximum Gasteiger partial charge on any atom is 0.249 e. The third kappa shape index (κ3) is 2.32. The van der Waals surface area contributed by atoms with E-state index in [1.165, 1.54) is 0 Å². The van der Waals surface area contributed by atoms with Crippen LogP contribution < -0.4 is 5.32 Å². The van der Waals surface area contributed by atoms with Crippen LogP contribution in [0.5, 0.6) is 0 Å². The zero-order chi connectivity index (χ0) is 14.2. The minimum Gasteiger partial charge on any atom is -0.340 e. The Morgan fingerprint density at radius 2 is 2.10 bits per heavy atom. The number of aromatic nitrogens is 1. The van der Waals surface area contributed by atoms with Gasteiger partial charge in [0, 0.05) is 4.88 Å². The van der Waals surface area contributed by atoms with Gasteiger partial charge in [0.25, 0.3) is 0 Å². The van der Waals surface area contributed by atoms with Gasteiger partial charge < -0.3 is 10.2 Å². The summed E-state index contributed by atoms with van der Waals surface area (Å²) in [5.74, 6) is 0.0540. The highest BCUT2D eigenvalue weighted by atomic mass is 32.1. The fourth-order valence-corrected chi connectivity index (χ4v) is 3.97. The van der Waals surface area contributed by atoms with Crippen molar-refractivity contribution in [3.63, 3.8) is 0 Å². The Labute approximate surface area is 122 Å². The Kier molecular flexibility index (Phi) is 3.50. The fourth-order valence-electron chi connectivity index (χ4n) is 3.18. The topological polar surface area (TPSA) is 62.3 Å². The third-order valence-electron chi connectivity index (χ3n) is 4.30. The summed E-state index contributed by atoms with van der Waals surface area (Å²) in [6.45, 7) is 2.61. The normalized spacial score (nSPS) is 22.1. The molecule has 0 atom stereocenters. The lowest BCUT2D eigenvalue weighted by Gasteiger charge is -2.44. The van der Waals surface area contributed by atoms with Crippen molar-refractivity contribution in [2.45, 2.75) is 51.1 Å². The van der Waals surface area contributed by atoms with Crippen LogP contribution in [-0.4, -0.2) is 33.8 Å². The van der Waals surface area contributed by atoms with Gasteiger partial charge in [0.1, 0.15) is 12.1 Å². The molecule has 1 aliphatic heterocycles. The highest BCUT2D eigenvalue weighted by Gasteiger charge is 2.46. The zero-order valence-corrected chi connectivity index (χ0v) is 12.5. The van der Waals surface area contributed by atoms with Crippen LogP contribution in [0.4, 0.5) is 0 Å². The van der Waals surface area contributed by atoms with Crippen molar-refractivity contribution >= 4 is 23.2 Å². The smallest absolute Gasteiger partial charge is 0.249 e. The van der Waals surface area contributed by atoms with Gasteiger partial charge in [-0.1, -0.05) is 19.3 Å². The molecule has 0 aromatic carbocycles. The highest BCUT2D eigenvalue weighted by molar-refractivity contribution is 7.09. The number of amides is 2. The number of hydrogen-bond donors (Lipinski definition) is 1.